The fourth-order valence-corrected chi connectivity index (χ4v) is 1.77. The van der Waals surface area contributed by atoms with E-state index in [1.54, 1.807) is 0 Å². The first-order valence-electron chi connectivity index (χ1n) is 6.06. The Hall–Kier alpha value is -2.47. The van der Waals surface area contributed by atoms with E-state index in [-0.39, 0.29) is 0 Å². The van der Waals surface area contributed by atoms with E-state index in [0.717, 1.165) is 17.0 Å². The van der Waals surface area contributed by atoms with E-state index >= 15 is 0 Å². The Bertz CT molecular complexity index is 627. The van der Waals surface area contributed by atoms with Gasteiger partial charge < -0.3 is 9.64 Å². The molecule has 0 heterocycles. The molecule has 19 heavy (non-hydrogen) atoms. The summed E-state index contributed by atoms with van der Waals surface area (Å²) >= 11 is 0. The van der Waals surface area contributed by atoms with E-state index in [2.05, 4.69) is 6.07 Å². The summed E-state index contributed by atoms with van der Waals surface area (Å²) in [6, 6.07) is 15.5. The van der Waals surface area contributed by atoms with Gasteiger partial charge in [0.25, 0.3) is 0 Å². The van der Waals surface area contributed by atoms with E-state index < -0.39 is 0 Å². The molecular formula is C16H16N2O. The number of nitriles is 1. The van der Waals surface area contributed by atoms with Gasteiger partial charge in [-0.3, -0.25) is 0 Å². The molecule has 3 nitrogen and oxygen atoms in total. The maximum absolute atomic E-state index is 9.13. The standard InChI is InChI=1S/C16H16N2O/c1-12-7-8-16(13(9-12)11-17)19-15-6-4-5-14(10-15)18(2)3/h4-10H,1-3H3. The van der Waals surface area contributed by atoms with Crippen molar-refractivity contribution in [2.75, 3.05) is 19.0 Å². The second-order valence-electron chi connectivity index (χ2n) is 4.61. The predicted octanol–water partition coefficient (Wildman–Crippen LogP) is 3.73. The molecule has 0 radical (unpaired) electrons. The molecule has 2 aromatic carbocycles. The van der Waals surface area contributed by atoms with Crippen LogP contribution in [0.4, 0.5) is 5.69 Å². The van der Waals surface area contributed by atoms with E-state index in [0.29, 0.717) is 11.3 Å². The fourth-order valence-electron chi connectivity index (χ4n) is 1.77. The fraction of sp³-hybridized carbons (Fsp3) is 0.188. The maximum atomic E-state index is 9.13. The molecule has 0 aliphatic heterocycles. The molecule has 0 aliphatic carbocycles. The van der Waals surface area contributed by atoms with Crippen molar-refractivity contribution in [2.45, 2.75) is 6.92 Å². The van der Waals surface area contributed by atoms with Crippen molar-refractivity contribution in [1.29, 1.82) is 5.26 Å². The molecule has 0 saturated carbocycles. The molecule has 0 amide bonds. The lowest BCUT2D eigenvalue weighted by molar-refractivity contribution is 0.481. The highest BCUT2D eigenvalue weighted by atomic mass is 16.5. The summed E-state index contributed by atoms with van der Waals surface area (Å²) in [6.07, 6.45) is 0. The number of hydrogen-bond acceptors (Lipinski definition) is 3. The van der Waals surface area contributed by atoms with E-state index in [4.69, 9.17) is 10.00 Å². The zero-order chi connectivity index (χ0) is 13.8. The van der Waals surface area contributed by atoms with Crippen LogP contribution < -0.4 is 9.64 Å². The first-order chi connectivity index (χ1) is 9.10. The van der Waals surface area contributed by atoms with Gasteiger partial charge in [0, 0.05) is 25.8 Å². The molecule has 0 aliphatic rings. The smallest absolute Gasteiger partial charge is 0.145 e. The Morgan fingerprint density at radius 3 is 2.58 bits per heavy atom. The van der Waals surface area contributed by atoms with Gasteiger partial charge in [0.05, 0.1) is 5.56 Å². The third kappa shape index (κ3) is 3.05. The average molecular weight is 252 g/mol. The average Bonchev–Trinajstić information content (AvgIpc) is 2.41. The maximum Gasteiger partial charge on any atom is 0.145 e. The number of benzene rings is 2. The highest BCUT2D eigenvalue weighted by Crippen LogP contribution is 2.28. The summed E-state index contributed by atoms with van der Waals surface area (Å²) in [5.74, 6) is 1.32. The Balaban J connectivity index is 2.31. The quantitative estimate of drug-likeness (QED) is 0.835. The van der Waals surface area contributed by atoms with Gasteiger partial charge >= 0.3 is 0 Å². The monoisotopic (exact) mass is 252 g/mol. The lowest BCUT2D eigenvalue weighted by Crippen LogP contribution is -2.08. The van der Waals surface area contributed by atoms with Crippen LogP contribution in [0.1, 0.15) is 11.1 Å². The number of rotatable bonds is 3. The zero-order valence-electron chi connectivity index (χ0n) is 11.3. The number of nitrogens with zero attached hydrogens (tertiary/aromatic N) is 2. The second-order valence-corrected chi connectivity index (χ2v) is 4.61. The molecule has 0 N–H and O–H groups in total. The molecule has 0 spiro atoms. The van der Waals surface area contributed by atoms with Crippen LogP contribution in [0.5, 0.6) is 11.5 Å². The molecule has 0 atom stereocenters. The molecule has 0 aromatic heterocycles. The summed E-state index contributed by atoms with van der Waals surface area (Å²) in [4.78, 5) is 2.01. The van der Waals surface area contributed by atoms with Crippen molar-refractivity contribution in [3.05, 3.63) is 53.6 Å². The first-order valence-corrected chi connectivity index (χ1v) is 6.06. The lowest BCUT2D eigenvalue weighted by atomic mass is 10.1. The number of ether oxygens (including phenoxy) is 1. The van der Waals surface area contributed by atoms with Crippen LogP contribution in [0, 0.1) is 18.3 Å². The molecule has 2 rings (SSSR count). The highest BCUT2D eigenvalue weighted by molar-refractivity contribution is 5.52. The zero-order valence-corrected chi connectivity index (χ0v) is 11.3. The van der Waals surface area contributed by atoms with Crippen LogP contribution in [-0.2, 0) is 0 Å². The van der Waals surface area contributed by atoms with Crippen molar-refractivity contribution < 1.29 is 4.74 Å². The summed E-state index contributed by atoms with van der Waals surface area (Å²) in [7, 11) is 3.96. The lowest BCUT2D eigenvalue weighted by Gasteiger charge is -2.14. The van der Waals surface area contributed by atoms with Crippen molar-refractivity contribution in [3.63, 3.8) is 0 Å². The first kappa shape index (κ1) is 13.0. The second kappa shape index (κ2) is 5.45. The van der Waals surface area contributed by atoms with Gasteiger partial charge in [-0.25, -0.2) is 0 Å². The summed E-state index contributed by atoms with van der Waals surface area (Å²) in [6.45, 7) is 1.96. The van der Waals surface area contributed by atoms with Gasteiger partial charge in [-0.15, -0.1) is 0 Å². The van der Waals surface area contributed by atoms with Crippen molar-refractivity contribution in [3.8, 4) is 17.6 Å². The van der Waals surface area contributed by atoms with Gasteiger partial charge in [-0.05, 0) is 36.8 Å². The van der Waals surface area contributed by atoms with Crippen LogP contribution in [0.2, 0.25) is 0 Å². The Morgan fingerprint density at radius 1 is 1.11 bits per heavy atom. The van der Waals surface area contributed by atoms with Crippen LogP contribution in [0.25, 0.3) is 0 Å². The minimum absolute atomic E-state index is 0.551. The predicted molar refractivity (Wildman–Crippen MR) is 76.7 cm³/mol. The van der Waals surface area contributed by atoms with E-state index in [1.807, 2.05) is 68.4 Å². The molecular weight excluding hydrogens is 236 g/mol. The minimum atomic E-state index is 0.551. The Morgan fingerprint density at radius 2 is 1.89 bits per heavy atom. The Kier molecular flexibility index (Phi) is 3.72. The van der Waals surface area contributed by atoms with Gasteiger partial charge in [0.15, 0.2) is 0 Å². The van der Waals surface area contributed by atoms with Crippen LogP contribution in [0.15, 0.2) is 42.5 Å². The van der Waals surface area contributed by atoms with Gasteiger partial charge in [-0.2, -0.15) is 5.26 Å². The Labute approximate surface area is 113 Å². The van der Waals surface area contributed by atoms with Crippen molar-refractivity contribution >= 4 is 5.69 Å². The highest BCUT2D eigenvalue weighted by Gasteiger charge is 2.06. The molecule has 96 valence electrons. The SMILES string of the molecule is Cc1ccc(Oc2cccc(N(C)C)c2)c(C#N)c1. The molecule has 0 bridgehead atoms. The van der Waals surface area contributed by atoms with Gasteiger partial charge in [0.1, 0.15) is 17.6 Å². The normalized spacial score (nSPS) is 9.79. The third-order valence-corrected chi connectivity index (χ3v) is 2.82. The number of anilines is 1. The van der Waals surface area contributed by atoms with Crippen molar-refractivity contribution in [2.24, 2.45) is 0 Å². The summed E-state index contributed by atoms with van der Waals surface area (Å²) in [5.41, 5.74) is 2.66. The van der Waals surface area contributed by atoms with Gasteiger partial charge in [0.2, 0.25) is 0 Å². The molecule has 3 heteroatoms. The topological polar surface area (TPSA) is 36.3 Å². The van der Waals surface area contributed by atoms with Gasteiger partial charge in [-0.1, -0.05) is 12.1 Å². The largest absolute Gasteiger partial charge is 0.456 e. The third-order valence-electron chi connectivity index (χ3n) is 2.82. The minimum Gasteiger partial charge on any atom is -0.456 e. The molecule has 2 aromatic rings. The number of aryl methyl sites for hydroxylation is 1. The van der Waals surface area contributed by atoms with Crippen LogP contribution in [0.3, 0.4) is 0 Å². The van der Waals surface area contributed by atoms with E-state index in [9.17, 15) is 0 Å². The number of hydrogen-bond donors (Lipinski definition) is 0. The van der Waals surface area contributed by atoms with Crippen molar-refractivity contribution in [1.82, 2.24) is 0 Å². The van der Waals surface area contributed by atoms with Crippen LogP contribution in [-0.4, -0.2) is 14.1 Å². The van der Waals surface area contributed by atoms with Crippen LogP contribution >= 0.6 is 0 Å². The molecule has 0 unspecified atom stereocenters. The summed E-state index contributed by atoms with van der Waals surface area (Å²) < 4.78 is 5.80. The molecule has 0 saturated heterocycles. The summed E-state index contributed by atoms with van der Waals surface area (Å²) in [5, 5.41) is 9.13. The van der Waals surface area contributed by atoms with E-state index in [1.165, 1.54) is 0 Å². The molecule has 0 fully saturated rings.